The van der Waals surface area contributed by atoms with Gasteiger partial charge in [0.15, 0.2) is 0 Å². The van der Waals surface area contributed by atoms with E-state index in [9.17, 15) is 17.6 Å². The molecule has 2 nitrogen and oxygen atoms in total. The van der Waals surface area contributed by atoms with Crippen LogP contribution in [0.3, 0.4) is 0 Å². The van der Waals surface area contributed by atoms with Crippen LogP contribution in [0.15, 0.2) is 18.2 Å². The van der Waals surface area contributed by atoms with Gasteiger partial charge in [0, 0.05) is 0 Å². The van der Waals surface area contributed by atoms with Crippen LogP contribution in [-0.4, -0.2) is 11.7 Å². The van der Waals surface area contributed by atoms with Crippen molar-refractivity contribution in [3.63, 3.8) is 0 Å². The Kier molecular flexibility index (Phi) is 2.25. The number of hydrogen-bond acceptors (Lipinski definition) is 2. The lowest BCUT2D eigenvalue weighted by Gasteiger charge is -2.22. The molecule has 3 N–H and O–H groups in total. The van der Waals surface area contributed by atoms with Crippen molar-refractivity contribution < 1.29 is 17.6 Å². The van der Waals surface area contributed by atoms with Crippen LogP contribution in [-0.2, 0) is 0 Å². The molecule has 0 aromatic heterocycles. The van der Waals surface area contributed by atoms with E-state index in [0.29, 0.717) is 0 Å². The molecule has 0 bridgehead atoms. The van der Waals surface area contributed by atoms with Crippen LogP contribution >= 0.6 is 0 Å². The molecule has 6 heteroatoms. The second-order valence-electron chi connectivity index (χ2n) is 3.91. The van der Waals surface area contributed by atoms with Gasteiger partial charge in [0.2, 0.25) is 0 Å². The second-order valence-corrected chi connectivity index (χ2v) is 3.91. The molecule has 1 fully saturated rings. The average Bonchev–Trinajstić information content (AvgIpc) is 2.93. The van der Waals surface area contributed by atoms with E-state index in [0.717, 1.165) is 6.07 Å². The quantitative estimate of drug-likeness (QED) is 0.610. The number of alkyl halides is 3. The topological polar surface area (TPSA) is 38.0 Å². The Labute approximate surface area is 89.4 Å². The van der Waals surface area contributed by atoms with Crippen molar-refractivity contribution in [1.29, 1.82) is 0 Å². The van der Waals surface area contributed by atoms with Crippen LogP contribution in [0.4, 0.5) is 28.9 Å². The second kappa shape index (κ2) is 3.26. The highest BCUT2D eigenvalue weighted by Gasteiger charge is 2.63. The van der Waals surface area contributed by atoms with E-state index in [-0.39, 0.29) is 24.2 Å². The Morgan fingerprint density at radius 3 is 2.38 bits per heavy atom. The molecule has 0 atom stereocenters. The number of hydrogen-bond donors (Lipinski definition) is 2. The first-order valence-corrected chi connectivity index (χ1v) is 4.75. The zero-order valence-electron chi connectivity index (χ0n) is 8.24. The van der Waals surface area contributed by atoms with Gasteiger partial charge in [-0.3, -0.25) is 0 Å². The van der Waals surface area contributed by atoms with E-state index in [1.165, 1.54) is 12.1 Å². The van der Waals surface area contributed by atoms with Crippen LogP contribution in [0.5, 0.6) is 0 Å². The molecule has 0 aliphatic heterocycles. The van der Waals surface area contributed by atoms with E-state index in [2.05, 4.69) is 5.32 Å². The van der Waals surface area contributed by atoms with Gasteiger partial charge < -0.3 is 11.1 Å². The van der Waals surface area contributed by atoms with Gasteiger partial charge >= 0.3 is 6.18 Å². The molecule has 1 aliphatic carbocycles. The van der Waals surface area contributed by atoms with E-state index in [4.69, 9.17) is 5.73 Å². The molecular formula is C10H10F4N2. The van der Waals surface area contributed by atoms with E-state index < -0.39 is 17.5 Å². The highest BCUT2D eigenvalue weighted by atomic mass is 19.4. The van der Waals surface area contributed by atoms with Crippen molar-refractivity contribution in [3.05, 3.63) is 24.0 Å². The summed E-state index contributed by atoms with van der Waals surface area (Å²) in [4.78, 5) is 0. The summed E-state index contributed by atoms with van der Waals surface area (Å²) in [6.07, 6.45) is -4.36. The number of nitrogen functional groups attached to an aromatic ring is 1. The minimum atomic E-state index is -4.34. The lowest BCUT2D eigenvalue weighted by molar-refractivity contribution is -0.151. The standard InChI is InChI=1S/C10H10F4N2/c11-6-2-1-3-7(8(6)15)16-9(4-5-9)10(12,13)14/h1-3,16H,4-5,15H2. The molecule has 0 amide bonds. The first kappa shape index (κ1) is 11.0. The highest BCUT2D eigenvalue weighted by Crippen LogP contribution is 2.51. The van der Waals surface area contributed by atoms with Gasteiger partial charge in [-0.25, -0.2) is 4.39 Å². The number of anilines is 2. The Hall–Kier alpha value is -1.46. The van der Waals surface area contributed by atoms with Crippen LogP contribution in [0.2, 0.25) is 0 Å². The smallest absolute Gasteiger partial charge is 0.395 e. The molecule has 88 valence electrons. The third kappa shape index (κ3) is 1.68. The number of benzene rings is 1. The summed E-state index contributed by atoms with van der Waals surface area (Å²) in [5.41, 5.74) is 3.15. The summed E-state index contributed by atoms with van der Waals surface area (Å²) in [5, 5.41) is 2.29. The normalized spacial score (nSPS) is 18.2. The average molecular weight is 234 g/mol. The van der Waals surface area contributed by atoms with Gasteiger partial charge in [-0.2, -0.15) is 13.2 Å². The molecule has 0 unspecified atom stereocenters. The Balaban J connectivity index is 2.25. The van der Waals surface area contributed by atoms with Crippen LogP contribution in [0.25, 0.3) is 0 Å². The first-order valence-electron chi connectivity index (χ1n) is 4.75. The SMILES string of the molecule is Nc1c(F)cccc1NC1(C(F)(F)F)CC1. The van der Waals surface area contributed by atoms with Crippen LogP contribution < -0.4 is 11.1 Å². The molecular weight excluding hydrogens is 224 g/mol. The number of nitrogens with two attached hydrogens (primary N) is 1. The van der Waals surface area contributed by atoms with E-state index >= 15 is 0 Å². The predicted octanol–water partition coefficient (Wildman–Crippen LogP) is 2.91. The van der Waals surface area contributed by atoms with Gasteiger partial charge in [0.25, 0.3) is 0 Å². The maximum Gasteiger partial charge on any atom is 0.411 e. The minimum absolute atomic E-state index is 0.00479. The molecule has 1 saturated carbocycles. The fourth-order valence-corrected chi connectivity index (χ4v) is 1.51. The maximum atomic E-state index is 13.0. The maximum absolute atomic E-state index is 13.0. The largest absolute Gasteiger partial charge is 0.411 e. The van der Waals surface area contributed by atoms with Crippen molar-refractivity contribution in [3.8, 4) is 0 Å². The molecule has 16 heavy (non-hydrogen) atoms. The third-order valence-electron chi connectivity index (χ3n) is 2.72. The van der Waals surface area contributed by atoms with Crippen molar-refractivity contribution in [2.24, 2.45) is 0 Å². The van der Waals surface area contributed by atoms with Gasteiger partial charge in [0.05, 0.1) is 11.4 Å². The molecule has 1 aromatic rings. The van der Waals surface area contributed by atoms with Crippen molar-refractivity contribution in [2.45, 2.75) is 24.6 Å². The highest BCUT2D eigenvalue weighted by molar-refractivity contribution is 5.68. The first-order chi connectivity index (χ1) is 7.36. The minimum Gasteiger partial charge on any atom is -0.395 e. The summed E-state index contributed by atoms with van der Waals surface area (Å²) in [6, 6.07) is 3.76. The summed E-state index contributed by atoms with van der Waals surface area (Å²) in [7, 11) is 0. The zero-order chi connectivity index (χ0) is 12.0. The van der Waals surface area contributed by atoms with Crippen molar-refractivity contribution in [2.75, 3.05) is 11.1 Å². The third-order valence-corrected chi connectivity index (χ3v) is 2.72. The summed E-state index contributed by atoms with van der Waals surface area (Å²) < 4.78 is 50.9. The Morgan fingerprint density at radius 2 is 1.88 bits per heavy atom. The van der Waals surface area contributed by atoms with Crippen molar-refractivity contribution in [1.82, 2.24) is 0 Å². The lowest BCUT2D eigenvalue weighted by atomic mass is 10.2. The van der Waals surface area contributed by atoms with Crippen LogP contribution in [0, 0.1) is 5.82 Å². The molecule has 2 rings (SSSR count). The number of para-hydroxylation sites is 1. The predicted molar refractivity (Wildman–Crippen MR) is 52.5 cm³/mol. The monoisotopic (exact) mass is 234 g/mol. The number of nitrogens with one attached hydrogen (secondary N) is 1. The number of rotatable bonds is 2. The molecule has 0 saturated heterocycles. The van der Waals surface area contributed by atoms with Gasteiger partial charge in [-0.15, -0.1) is 0 Å². The summed E-state index contributed by atoms with van der Waals surface area (Å²) in [6.45, 7) is 0. The van der Waals surface area contributed by atoms with Gasteiger partial charge in [-0.1, -0.05) is 6.07 Å². The van der Waals surface area contributed by atoms with E-state index in [1.54, 1.807) is 0 Å². The zero-order valence-corrected chi connectivity index (χ0v) is 8.24. The fraction of sp³-hybridized carbons (Fsp3) is 0.400. The molecule has 1 aromatic carbocycles. The summed E-state index contributed by atoms with van der Waals surface area (Å²) in [5.74, 6) is -0.719. The van der Waals surface area contributed by atoms with Crippen LogP contribution in [0.1, 0.15) is 12.8 Å². The van der Waals surface area contributed by atoms with E-state index in [1.807, 2.05) is 0 Å². The molecule has 0 spiro atoms. The van der Waals surface area contributed by atoms with Gasteiger partial charge in [0.1, 0.15) is 11.4 Å². The summed E-state index contributed by atoms with van der Waals surface area (Å²) >= 11 is 0. The molecule has 0 radical (unpaired) electrons. The lowest BCUT2D eigenvalue weighted by Crippen LogP contribution is -2.38. The fourth-order valence-electron chi connectivity index (χ4n) is 1.51. The Bertz CT molecular complexity index is 410. The Morgan fingerprint density at radius 1 is 1.25 bits per heavy atom. The van der Waals surface area contributed by atoms with Gasteiger partial charge in [-0.05, 0) is 25.0 Å². The van der Waals surface area contributed by atoms with Crippen molar-refractivity contribution >= 4 is 11.4 Å². The molecule has 0 heterocycles. The number of halogens is 4. The molecule has 1 aliphatic rings.